The maximum Gasteiger partial charge on any atom is 0.274 e. The molecule has 0 bridgehead atoms. The zero-order chi connectivity index (χ0) is 7.68. The van der Waals surface area contributed by atoms with Gasteiger partial charge in [0.1, 0.15) is 12.7 Å². The molecule has 0 aliphatic carbocycles. The average molecular weight is 261 g/mol. The van der Waals surface area contributed by atoms with E-state index in [1.807, 2.05) is 22.6 Å². The van der Waals surface area contributed by atoms with E-state index in [4.69, 9.17) is 0 Å². The number of hydrogen-bond donors (Lipinski definition) is 0. The summed E-state index contributed by atoms with van der Waals surface area (Å²) in [5.74, 6) is 0.451. The van der Waals surface area contributed by atoms with E-state index in [1.165, 1.54) is 17.3 Å². The third-order valence-electron chi connectivity index (χ3n) is 1.04. The fraction of sp³-hybridized carbons (Fsp3) is 0. The Morgan fingerprint density at radius 1 is 1.45 bits per heavy atom. The number of halogens is 1. The van der Waals surface area contributed by atoms with Gasteiger partial charge < -0.3 is 0 Å². The number of nitrogens with zero attached hydrogens (tertiary/aromatic N) is 6. The van der Waals surface area contributed by atoms with Gasteiger partial charge in [-0.25, -0.2) is 4.98 Å². The quantitative estimate of drug-likeness (QED) is 0.479. The van der Waals surface area contributed by atoms with Crippen molar-refractivity contribution in [3.8, 4) is 0 Å². The highest BCUT2D eigenvalue weighted by Gasteiger charge is 2.10. The second-order valence-corrected chi connectivity index (χ2v) is 2.69. The monoisotopic (exact) mass is 261 g/mol. The van der Waals surface area contributed by atoms with E-state index in [0.717, 1.165) is 0 Å². The first-order chi connectivity index (χ1) is 5.36. The Kier molecular flexibility index (Phi) is 1.56. The summed E-state index contributed by atoms with van der Waals surface area (Å²) in [7, 11) is 0. The van der Waals surface area contributed by atoms with Gasteiger partial charge in [-0.3, -0.25) is 0 Å². The van der Waals surface area contributed by atoms with Crippen molar-refractivity contribution in [2.45, 2.75) is 0 Å². The van der Waals surface area contributed by atoms with Crippen LogP contribution < -0.4 is 5.43 Å². The molecule has 55 valence electrons. The molecule has 0 aromatic carbocycles. The minimum atomic E-state index is 0.451. The zero-order valence-corrected chi connectivity index (χ0v) is 7.37. The molecule has 0 unspecified atom stereocenters. The normalized spacial score (nSPS) is 15.7. The third-order valence-corrected chi connectivity index (χ3v) is 1.49. The number of amidine groups is 1. The summed E-state index contributed by atoms with van der Waals surface area (Å²) >= 11 is 1.98. The molecule has 1 radical (unpaired) electrons. The van der Waals surface area contributed by atoms with Crippen LogP contribution >= 0.6 is 22.6 Å². The van der Waals surface area contributed by atoms with Crippen molar-refractivity contribution in [2.24, 2.45) is 10.1 Å². The van der Waals surface area contributed by atoms with Crippen molar-refractivity contribution >= 4 is 32.4 Å². The molecule has 2 rings (SSSR count). The van der Waals surface area contributed by atoms with Crippen molar-refractivity contribution < 1.29 is 0 Å². The topological polar surface area (TPSA) is 69.5 Å². The van der Waals surface area contributed by atoms with Crippen LogP contribution in [0.5, 0.6) is 0 Å². The molecule has 0 fully saturated rings. The van der Waals surface area contributed by atoms with Crippen molar-refractivity contribution in [1.82, 2.24) is 20.2 Å². The Labute approximate surface area is 75.6 Å². The van der Waals surface area contributed by atoms with Gasteiger partial charge in [-0.2, -0.15) is 14.8 Å². The molecular weight excluding hydrogens is 259 g/mol. The minimum Gasteiger partial charge on any atom is -0.223 e. The molecule has 7 heteroatoms. The van der Waals surface area contributed by atoms with Crippen molar-refractivity contribution in [3.05, 3.63) is 12.7 Å². The van der Waals surface area contributed by atoms with Gasteiger partial charge >= 0.3 is 0 Å². The van der Waals surface area contributed by atoms with E-state index in [-0.39, 0.29) is 0 Å². The molecule has 6 nitrogen and oxygen atoms in total. The largest absolute Gasteiger partial charge is 0.274 e. The number of rotatable bonds is 0. The lowest BCUT2D eigenvalue weighted by Crippen LogP contribution is -2.07. The molecule has 0 atom stereocenters. The van der Waals surface area contributed by atoms with E-state index in [9.17, 15) is 0 Å². The summed E-state index contributed by atoms with van der Waals surface area (Å²) in [4.78, 5) is 7.73. The Morgan fingerprint density at radius 3 is 2.91 bits per heavy atom. The minimum absolute atomic E-state index is 0.451. The maximum atomic E-state index is 3.98. The third kappa shape index (κ3) is 1.23. The van der Waals surface area contributed by atoms with Crippen LogP contribution in [-0.2, 0) is 0 Å². The van der Waals surface area contributed by atoms with Crippen LogP contribution in [0.25, 0.3) is 0 Å². The van der Waals surface area contributed by atoms with Crippen LogP contribution in [0.15, 0.2) is 22.7 Å². The maximum absolute atomic E-state index is 3.98. The van der Waals surface area contributed by atoms with E-state index in [0.29, 0.717) is 9.80 Å². The van der Waals surface area contributed by atoms with Gasteiger partial charge in [0, 0.05) is 22.6 Å². The predicted molar refractivity (Wildman–Crippen MR) is 46.4 cm³/mol. The van der Waals surface area contributed by atoms with Gasteiger partial charge in [-0.1, -0.05) is 0 Å². The molecule has 2 heterocycles. The number of aromatic nitrogens is 3. The fourth-order valence-corrected chi connectivity index (χ4v) is 0.945. The second kappa shape index (κ2) is 2.57. The average Bonchev–Trinajstić information content (AvgIpc) is 2.55. The first-order valence-corrected chi connectivity index (χ1v) is 3.82. The highest BCUT2D eigenvalue weighted by molar-refractivity contribution is 14.1. The van der Waals surface area contributed by atoms with E-state index >= 15 is 0 Å². The van der Waals surface area contributed by atoms with Crippen LogP contribution in [0.4, 0.5) is 0 Å². The van der Waals surface area contributed by atoms with Gasteiger partial charge in [0.2, 0.25) is 3.84 Å². The van der Waals surface area contributed by atoms with Crippen molar-refractivity contribution in [2.75, 3.05) is 0 Å². The Balaban J connectivity index is 2.32. The van der Waals surface area contributed by atoms with Crippen LogP contribution in [0.3, 0.4) is 0 Å². The SMILES string of the molecule is IC1=NC(n2cncn2)=N[N]1. The summed E-state index contributed by atoms with van der Waals surface area (Å²) in [5, 5.41) is 7.59. The van der Waals surface area contributed by atoms with Crippen LogP contribution in [0, 0.1) is 0 Å². The molecule has 0 N–H and O–H groups in total. The van der Waals surface area contributed by atoms with E-state index in [1.54, 1.807) is 0 Å². The highest BCUT2D eigenvalue weighted by atomic mass is 127. The number of hydrogen-bond acceptors (Lipinski definition) is 4. The van der Waals surface area contributed by atoms with Gasteiger partial charge in [-0.15, -0.1) is 10.5 Å². The van der Waals surface area contributed by atoms with Gasteiger partial charge in [0.25, 0.3) is 5.96 Å². The molecular formula is C4H2IN6. The summed E-state index contributed by atoms with van der Waals surface area (Å²) in [6.07, 6.45) is 2.94. The molecule has 0 spiro atoms. The number of aliphatic imine (C=N–C) groups is 1. The lowest BCUT2D eigenvalue weighted by molar-refractivity contribution is 0.904. The van der Waals surface area contributed by atoms with Crippen LogP contribution in [-0.4, -0.2) is 24.6 Å². The van der Waals surface area contributed by atoms with E-state index < -0.39 is 0 Å². The Hall–Kier alpha value is -0.990. The second-order valence-electron chi connectivity index (χ2n) is 1.72. The molecule has 1 aromatic rings. The zero-order valence-electron chi connectivity index (χ0n) is 5.22. The first-order valence-electron chi connectivity index (χ1n) is 2.74. The van der Waals surface area contributed by atoms with Crippen LogP contribution in [0.2, 0.25) is 0 Å². The Morgan fingerprint density at radius 2 is 2.36 bits per heavy atom. The summed E-state index contributed by atoms with van der Waals surface area (Å²) in [6, 6.07) is 0. The standard InChI is InChI=1S/C4H2IN6/c5-3-8-4(10-9-3)11-2-6-1-7-11/h1-2H. The molecule has 0 saturated heterocycles. The van der Waals surface area contributed by atoms with Gasteiger partial charge in [0.05, 0.1) is 0 Å². The molecule has 11 heavy (non-hydrogen) atoms. The molecule has 1 aliphatic rings. The lowest BCUT2D eigenvalue weighted by Gasteiger charge is -1.88. The lowest BCUT2D eigenvalue weighted by atomic mass is 11.0. The predicted octanol–water partition coefficient (Wildman–Crippen LogP) is -0.194. The van der Waals surface area contributed by atoms with Crippen LogP contribution in [0.1, 0.15) is 0 Å². The summed E-state index contributed by atoms with van der Waals surface area (Å²) in [6.45, 7) is 0. The highest BCUT2D eigenvalue weighted by Crippen LogP contribution is 1.99. The van der Waals surface area contributed by atoms with Crippen molar-refractivity contribution in [3.63, 3.8) is 0 Å². The Bertz CT molecular complexity index is 311. The molecule has 1 aromatic heterocycles. The first kappa shape index (κ1) is 6.70. The van der Waals surface area contributed by atoms with Crippen molar-refractivity contribution in [1.29, 1.82) is 0 Å². The molecule has 1 aliphatic heterocycles. The summed E-state index contributed by atoms with van der Waals surface area (Å²) < 4.78 is 2.06. The fourth-order valence-electron chi connectivity index (χ4n) is 0.622. The smallest absolute Gasteiger partial charge is 0.223 e. The molecule has 0 saturated carbocycles. The van der Waals surface area contributed by atoms with Gasteiger partial charge in [0.15, 0.2) is 0 Å². The van der Waals surface area contributed by atoms with E-state index in [2.05, 4.69) is 25.6 Å². The summed E-state index contributed by atoms with van der Waals surface area (Å²) in [5.41, 5.74) is 3.71. The van der Waals surface area contributed by atoms with Gasteiger partial charge in [-0.05, 0) is 0 Å². The molecule has 0 amide bonds.